The summed E-state index contributed by atoms with van der Waals surface area (Å²) in [6.07, 6.45) is 0.411. The second kappa shape index (κ2) is 8.57. The fraction of sp³-hybridized carbons (Fsp3) is 0.269. The zero-order chi connectivity index (χ0) is 24.9. The molecule has 1 amide bonds. The Morgan fingerprint density at radius 2 is 1.86 bits per heavy atom. The Balaban J connectivity index is 1.69. The van der Waals surface area contributed by atoms with Gasteiger partial charge < -0.3 is 5.32 Å². The van der Waals surface area contributed by atoms with Crippen molar-refractivity contribution in [1.82, 2.24) is 14.8 Å². The molecule has 1 N–H and O–H groups in total. The zero-order valence-electron chi connectivity index (χ0n) is 19.7. The molecule has 5 rings (SSSR count). The number of carbonyl (C=O) groups is 1. The number of fused-ring (bicyclic) bond motifs is 1. The molecule has 35 heavy (non-hydrogen) atoms. The second-order valence-corrected chi connectivity index (χ2v) is 11.3. The van der Waals surface area contributed by atoms with E-state index in [4.69, 9.17) is 0 Å². The summed E-state index contributed by atoms with van der Waals surface area (Å²) in [7, 11) is -3.17. The van der Waals surface area contributed by atoms with Crippen molar-refractivity contribution in [2.24, 2.45) is 0 Å². The fourth-order valence-corrected chi connectivity index (χ4v) is 6.23. The van der Waals surface area contributed by atoms with E-state index in [9.17, 15) is 17.6 Å². The molecule has 2 aromatic heterocycles. The van der Waals surface area contributed by atoms with Crippen LogP contribution >= 0.6 is 0 Å². The average Bonchev–Trinajstić information content (AvgIpc) is 3.34. The molecule has 4 aromatic rings. The van der Waals surface area contributed by atoms with Crippen LogP contribution in [0.4, 0.5) is 10.1 Å². The predicted molar refractivity (Wildman–Crippen MR) is 134 cm³/mol. The minimum atomic E-state index is -3.17. The first-order chi connectivity index (χ1) is 16.6. The molecular formula is C26H25FN4O3S. The van der Waals surface area contributed by atoms with Crippen LogP contribution in [-0.2, 0) is 9.84 Å². The predicted octanol–water partition coefficient (Wildman–Crippen LogP) is 4.77. The zero-order valence-corrected chi connectivity index (χ0v) is 20.5. The van der Waals surface area contributed by atoms with Crippen molar-refractivity contribution in [3.63, 3.8) is 0 Å². The highest BCUT2D eigenvalue weighted by atomic mass is 32.2. The number of nitrogens with one attached hydrogen (secondary N) is 1. The van der Waals surface area contributed by atoms with Crippen LogP contribution < -0.4 is 5.32 Å². The highest BCUT2D eigenvalue weighted by Gasteiger charge is 2.32. The summed E-state index contributed by atoms with van der Waals surface area (Å²) in [6.45, 7) is 5.73. The molecule has 1 aliphatic rings. The molecule has 180 valence electrons. The lowest BCUT2D eigenvalue weighted by Crippen LogP contribution is -2.15. The van der Waals surface area contributed by atoms with Crippen molar-refractivity contribution < 1.29 is 17.6 Å². The summed E-state index contributed by atoms with van der Waals surface area (Å²) < 4.78 is 40.6. The van der Waals surface area contributed by atoms with Crippen LogP contribution in [-0.4, -0.2) is 40.6 Å². The van der Waals surface area contributed by atoms with Crippen molar-refractivity contribution in [3.05, 3.63) is 76.7 Å². The Kier molecular flexibility index (Phi) is 5.67. The van der Waals surface area contributed by atoms with E-state index in [1.54, 1.807) is 35.9 Å². The number of sulfone groups is 1. The minimum Gasteiger partial charge on any atom is -0.322 e. The van der Waals surface area contributed by atoms with E-state index in [1.807, 2.05) is 32.0 Å². The van der Waals surface area contributed by atoms with Crippen molar-refractivity contribution in [2.45, 2.75) is 33.2 Å². The fourth-order valence-electron chi connectivity index (χ4n) is 4.54. The number of rotatable bonds is 4. The third kappa shape index (κ3) is 4.32. The topological polar surface area (TPSA) is 93.9 Å². The number of pyridine rings is 1. The molecule has 0 aliphatic carbocycles. The third-order valence-electron chi connectivity index (χ3n) is 6.55. The summed E-state index contributed by atoms with van der Waals surface area (Å²) >= 11 is 0. The van der Waals surface area contributed by atoms with Crippen LogP contribution in [0.1, 0.15) is 39.6 Å². The van der Waals surface area contributed by atoms with Gasteiger partial charge in [0.05, 0.1) is 39.9 Å². The van der Waals surface area contributed by atoms with Crippen molar-refractivity contribution in [2.75, 3.05) is 16.8 Å². The quantitative estimate of drug-likeness (QED) is 0.443. The maximum Gasteiger partial charge on any atom is 0.256 e. The van der Waals surface area contributed by atoms with Gasteiger partial charge in [0.1, 0.15) is 5.82 Å². The lowest BCUT2D eigenvalue weighted by Gasteiger charge is -2.13. The van der Waals surface area contributed by atoms with Gasteiger partial charge in [-0.05, 0) is 68.7 Å². The normalized spacial score (nSPS) is 17.1. The standard InChI is InChI=1S/C26H25FN4O3S/c1-15-8-9-18(12-16(15)2)28-26(32)21-13-23(20-6-4-5-7-22(20)27)29-25-24(21)17(3)30-31(25)19-10-11-35(33,34)14-19/h4-9,12-13,19H,10-11,14H2,1-3H3,(H,28,32). The summed E-state index contributed by atoms with van der Waals surface area (Å²) in [6, 6.07) is 13.1. The molecule has 1 atom stereocenters. The SMILES string of the molecule is Cc1ccc(NC(=O)c2cc(-c3ccccc3F)nc3c2c(C)nn3C2CCS(=O)(=O)C2)cc1C. The van der Waals surface area contributed by atoms with Gasteiger partial charge in [-0.25, -0.2) is 22.5 Å². The largest absolute Gasteiger partial charge is 0.322 e. The van der Waals surface area contributed by atoms with E-state index in [1.165, 1.54) is 6.07 Å². The molecule has 2 aromatic carbocycles. The number of nitrogens with zero attached hydrogens (tertiary/aromatic N) is 3. The third-order valence-corrected chi connectivity index (χ3v) is 8.30. The lowest BCUT2D eigenvalue weighted by atomic mass is 10.0. The number of aromatic nitrogens is 3. The highest BCUT2D eigenvalue weighted by Crippen LogP contribution is 2.33. The van der Waals surface area contributed by atoms with Gasteiger partial charge in [0.25, 0.3) is 5.91 Å². The summed E-state index contributed by atoms with van der Waals surface area (Å²) in [5.74, 6) is -0.810. The van der Waals surface area contributed by atoms with E-state index in [0.717, 1.165) is 11.1 Å². The monoisotopic (exact) mass is 492 g/mol. The molecule has 3 heterocycles. The van der Waals surface area contributed by atoms with E-state index < -0.39 is 21.7 Å². The molecule has 0 radical (unpaired) electrons. The van der Waals surface area contributed by atoms with Gasteiger partial charge in [-0.3, -0.25) is 4.79 Å². The molecule has 1 fully saturated rings. The highest BCUT2D eigenvalue weighted by molar-refractivity contribution is 7.91. The Hall–Kier alpha value is -3.59. The number of anilines is 1. The van der Waals surface area contributed by atoms with Crippen LogP contribution in [0.15, 0.2) is 48.5 Å². The number of amides is 1. The molecule has 1 aliphatic heterocycles. The molecule has 1 saturated heterocycles. The Labute approximate surface area is 202 Å². The first-order valence-electron chi connectivity index (χ1n) is 11.4. The molecule has 1 unspecified atom stereocenters. The Morgan fingerprint density at radius 1 is 1.09 bits per heavy atom. The molecule has 0 saturated carbocycles. The number of hydrogen-bond acceptors (Lipinski definition) is 5. The van der Waals surface area contributed by atoms with Crippen LogP contribution in [0.5, 0.6) is 0 Å². The van der Waals surface area contributed by atoms with Crippen LogP contribution in [0.2, 0.25) is 0 Å². The van der Waals surface area contributed by atoms with Crippen molar-refractivity contribution in [1.29, 1.82) is 0 Å². The second-order valence-electron chi connectivity index (χ2n) is 9.07. The van der Waals surface area contributed by atoms with E-state index in [2.05, 4.69) is 15.4 Å². The molecule has 9 heteroatoms. The van der Waals surface area contributed by atoms with Gasteiger partial charge in [0, 0.05) is 11.3 Å². The van der Waals surface area contributed by atoms with E-state index in [-0.39, 0.29) is 28.7 Å². The Bertz CT molecular complexity index is 1590. The minimum absolute atomic E-state index is 0.0427. The lowest BCUT2D eigenvalue weighted by molar-refractivity contribution is 0.102. The summed E-state index contributed by atoms with van der Waals surface area (Å²) in [5, 5.41) is 8.05. The van der Waals surface area contributed by atoms with Gasteiger partial charge in [-0.15, -0.1) is 0 Å². The summed E-state index contributed by atoms with van der Waals surface area (Å²) in [5.41, 5.74) is 4.55. The maximum absolute atomic E-state index is 14.7. The average molecular weight is 493 g/mol. The van der Waals surface area contributed by atoms with Crippen LogP contribution in [0.25, 0.3) is 22.3 Å². The van der Waals surface area contributed by atoms with Crippen LogP contribution in [0.3, 0.4) is 0 Å². The summed E-state index contributed by atoms with van der Waals surface area (Å²) in [4.78, 5) is 18.2. The van der Waals surface area contributed by atoms with Crippen molar-refractivity contribution in [3.8, 4) is 11.3 Å². The van der Waals surface area contributed by atoms with Gasteiger partial charge in [-0.2, -0.15) is 5.10 Å². The number of benzene rings is 2. The molecule has 0 spiro atoms. The van der Waals surface area contributed by atoms with E-state index >= 15 is 0 Å². The number of hydrogen-bond donors (Lipinski definition) is 1. The smallest absolute Gasteiger partial charge is 0.256 e. The first-order valence-corrected chi connectivity index (χ1v) is 13.2. The van der Waals surface area contributed by atoms with Crippen LogP contribution in [0, 0.1) is 26.6 Å². The molecule has 0 bridgehead atoms. The number of halogens is 1. The maximum atomic E-state index is 14.7. The van der Waals surface area contributed by atoms with Crippen molar-refractivity contribution >= 4 is 32.5 Å². The van der Waals surface area contributed by atoms with Gasteiger partial charge in [0.15, 0.2) is 15.5 Å². The number of aryl methyl sites for hydroxylation is 3. The van der Waals surface area contributed by atoms with Gasteiger partial charge >= 0.3 is 0 Å². The molecule has 7 nitrogen and oxygen atoms in total. The molecular weight excluding hydrogens is 467 g/mol. The van der Waals surface area contributed by atoms with Gasteiger partial charge in [0.2, 0.25) is 0 Å². The van der Waals surface area contributed by atoms with E-state index in [0.29, 0.717) is 34.4 Å². The number of carbonyl (C=O) groups excluding carboxylic acids is 1. The Morgan fingerprint density at radius 3 is 2.54 bits per heavy atom. The first kappa shape index (κ1) is 23.2. The van der Waals surface area contributed by atoms with Gasteiger partial charge in [-0.1, -0.05) is 18.2 Å².